The van der Waals surface area contributed by atoms with Crippen molar-refractivity contribution in [3.05, 3.63) is 0 Å². The first-order valence-corrected chi connectivity index (χ1v) is 2.35. The smallest absolute Gasteiger partial charge is 1.00 e. The molecule has 4 nitrogen and oxygen atoms in total. The molecular weight excluding hydrogens is 118 g/mol. The van der Waals surface area contributed by atoms with Crippen LogP contribution in [0.5, 0.6) is 0 Å². The predicted octanol–water partition coefficient (Wildman–Crippen LogP) is -3.57. The predicted molar refractivity (Wildman–Crippen MR) is 17.5 cm³/mol. The Morgan fingerprint density at radius 3 is 1.50 bits per heavy atom. The number of rotatable bonds is 0. The van der Waals surface area contributed by atoms with E-state index in [1.54, 1.807) is 0 Å². The summed E-state index contributed by atoms with van der Waals surface area (Å²) in [5, 5.41) is 0. The van der Waals surface area contributed by atoms with Gasteiger partial charge in [0.2, 0.25) is 0 Å². The third-order valence-electron chi connectivity index (χ3n) is 0. The fourth-order valence-electron chi connectivity index (χ4n) is 0. The van der Waals surface area contributed by atoms with Crippen molar-refractivity contribution in [1.82, 2.24) is 0 Å². The van der Waals surface area contributed by atoms with Gasteiger partial charge in [0.1, 0.15) is 0 Å². The molecule has 6 heavy (non-hydrogen) atoms. The average molecular weight is 124 g/mol. The summed E-state index contributed by atoms with van der Waals surface area (Å²) in [6.45, 7) is 0. The minimum atomic E-state index is -4.64. The first kappa shape index (κ1) is 10.2. The van der Waals surface area contributed by atoms with Crippen LogP contribution in [0.4, 0.5) is 0 Å². The molecule has 6 heteroatoms. The van der Waals surface area contributed by atoms with E-state index in [1.807, 2.05) is 0 Å². The van der Waals surface area contributed by atoms with Gasteiger partial charge in [0, 0.05) is 1.43 Å². The summed E-state index contributed by atoms with van der Waals surface area (Å²) < 4.78 is 8.88. The second-order valence-corrected chi connectivity index (χ2v) is 1.54. The number of hydrogen-bond donors (Lipinski definition) is 3. The molecule has 0 aliphatic carbocycles. The van der Waals surface area contributed by atoms with E-state index in [2.05, 4.69) is 0 Å². The Bertz CT molecular complexity index is 60.2. The molecule has 0 amide bonds. The molecule has 0 heterocycles. The second-order valence-electron chi connectivity index (χ2n) is 0.513. The third kappa shape index (κ3) is 70.1. The molecule has 36 valence electrons. The van der Waals surface area contributed by atoms with Crippen LogP contribution in [0.25, 0.3) is 0 Å². The van der Waals surface area contributed by atoms with E-state index in [0.29, 0.717) is 0 Å². The maximum Gasteiger partial charge on any atom is 1.00 e. The quantitative estimate of drug-likeness (QED) is 0.230. The molecule has 3 N–H and O–H groups in total. The molecular formula is H6NaO4P. The molecule has 0 saturated carbocycles. The number of hydrogen-bond acceptors (Lipinski definition) is 1. The summed E-state index contributed by atoms with van der Waals surface area (Å²) in [7, 11) is -4.64. The van der Waals surface area contributed by atoms with E-state index in [4.69, 9.17) is 19.2 Å². The van der Waals surface area contributed by atoms with Crippen LogP contribution in [-0.2, 0) is 4.57 Å². The van der Waals surface area contributed by atoms with Gasteiger partial charge in [0.25, 0.3) is 0 Å². The van der Waals surface area contributed by atoms with Crippen molar-refractivity contribution in [2.75, 3.05) is 0 Å². The summed E-state index contributed by atoms with van der Waals surface area (Å²) in [5.41, 5.74) is 0. The minimum Gasteiger partial charge on any atom is -1.00 e. The second kappa shape index (κ2) is 3.16. The van der Waals surface area contributed by atoms with Crippen molar-refractivity contribution in [3.63, 3.8) is 0 Å². The normalized spacial score (nSPS) is 9.83. The summed E-state index contributed by atoms with van der Waals surface area (Å²) in [6.07, 6.45) is 0. The van der Waals surface area contributed by atoms with E-state index in [9.17, 15) is 0 Å². The molecule has 0 aliphatic heterocycles. The van der Waals surface area contributed by atoms with Gasteiger partial charge >= 0.3 is 37.4 Å². The molecule has 0 atom stereocenters. The van der Waals surface area contributed by atoms with Gasteiger partial charge < -0.3 is 16.1 Å². The van der Waals surface area contributed by atoms with Gasteiger partial charge in [0.05, 0.1) is 0 Å². The minimum absolute atomic E-state index is 0. The van der Waals surface area contributed by atoms with Gasteiger partial charge in [-0.2, -0.15) is 0 Å². The van der Waals surface area contributed by atoms with Crippen LogP contribution in [0.2, 0.25) is 0 Å². The molecule has 0 unspecified atom stereocenters. The largest absolute Gasteiger partial charge is 1.00 e. The zero-order valence-corrected chi connectivity index (χ0v) is 6.09. The van der Waals surface area contributed by atoms with Crippen LogP contribution in [0.15, 0.2) is 0 Å². The van der Waals surface area contributed by atoms with Crippen LogP contribution in [-0.4, -0.2) is 14.7 Å². The molecule has 0 aliphatic rings. The molecule has 0 aromatic rings. The maximum atomic E-state index is 8.88. The van der Waals surface area contributed by atoms with E-state index in [1.165, 1.54) is 0 Å². The average Bonchev–Trinajstić information content (AvgIpc) is 0.722. The monoisotopic (exact) mass is 124 g/mol. The van der Waals surface area contributed by atoms with Crippen molar-refractivity contribution >= 4 is 7.82 Å². The van der Waals surface area contributed by atoms with Gasteiger partial charge in [0.15, 0.2) is 0 Å². The molecule has 0 aromatic heterocycles. The Labute approximate surface area is 59.7 Å². The Morgan fingerprint density at radius 2 is 1.50 bits per heavy atom. The Balaban J connectivity index is -0.0000000267. The third-order valence-corrected chi connectivity index (χ3v) is 0. The molecule has 0 radical (unpaired) electrons. The zero-order chi connectivity index (χ0) is 4.50. The van der Waals surface area contributed by atoms with Crippen molar-refractivity contribution in [2.24, 2.45) is 0 Å². The number of phosphoric acid groups is 1. The molecule has 0 rings (SSSR count). The van der Waals surface area contributed by atoms with Gasteiger partial charge in [-0.1, -0.05) is 0 Å². The van der Waals surface area contributed by atoms with Crippen LogP contribution >= 0.6 is 7.82 Å². The molecule has 0 fully saturated rings. The fourth-order valence-corrected chi connectivity index (χ4v) is 0. The summed E-state index contributed by atoms with van der Waals surface area (Å²) in [4.78, 5) is 21.6. The van der Waals surface area contributed by atoms with E-state index in [0.717, 1.165) is 0 Å². The van der Waals surface area contributed by atoms with Crippen molar-refractivity contribution in [2.45, 2.75) is 0 Å². The van der Waals surface area contributed by atoms with Gasteiger partial charge in [-0.25, -0.2) is 4.57 Å². The zero-order valence-electron chi connectivity index (χ0n) is 4.20. The van der Waals surface area contributed by atoms with Crippen molar-refractivity contribution in [3.8, 4) is 0 Å². The Hall–Kier alpha value is 1.11. The fraction of sp³-hybridized carbons (Fsp3) is 0. The molecule has 0 spiro atoms. The molecule has 0 saturated heterocycles. The standard InChI is InChI=1S/Na.H3O4P.H2.H/c;1-5(2,3)4;;/h;(H3,1,2,3,4);1H;/q+1;;;-1. The van der Waals surface area contributed by atoms with E-state index >= 15 is 0 Å². The van der Waals surface area contributed by atoms with Gasteiger partial charge in [-0.15, -0.1) is 0 Å². The molecule has 0 bridgehead atoms. The first-order chi connectivity index (χ1) is 2.00. The van der Waals surface area contributed by atoms with Crippen molar-refractivity contribution in [1.29, 1.82) is 0 Å². The van der Waals surface area contributed by atoms with Crippen LogP contribution in [0, 0.1) is 0 Å². The van der Waals surface area contributed by atoms with Gasteiger partial charge in [-0.3, -0.25) is 0 Å². The van der Waals surface area contributed by atoms with Crippen molar-refractivity contribution < 1.29 is 51.7 Å². The maximum absolute atomic E-state index is 8.88. The SMILES string of the molecule is O=P(O)(O)O.[H-].[HH].[Na+]. The van der Waals surface area contributed by atoms with E-state index < -0.39 is 7.82 Å². The summed E-state index contributed by atoms with van der Waals surface area (Å²) >= 11 is 0. The molecule has 0 aromatic carbocycles. The summed E-state index contributed by atoms with van der Waals surface area (Å²) in [5.74, 6) is 0. The Kier molecular flexibility index (Phi) is 5.35. The first-order valence-electron chi connectivity index (χ1n) is 0.783. The van der Waals surface area contributed by atoms with Crippen LogP contribution in [0.3, 0.4) is 0 Å². The van der Waals surface area contributed by atoms with Crippen LogP contribution in [0.1, 0.15) is 2.85 Å². The van der Waals surface area contributed by atoms with E-state index in [-0.39, 0.29) is 32.4 Å². The summed E-state index contributed by atoms with van der Waals surface area (Å²) in [6, 6.07) is 0. The Morgan fingerprint density at radius 1 is 1.50 bits per heavy atom. The van der Waals surface area contributed by atoms with Crippen LogP contribution < -0.4 is 29.6 Å². The topological polar surface area (TPSA) is 77.8 Å². The van der Waals surface area contributed by atoms with Gasteiger partial charge in [-0.05, 0) is 0 Å².